The van der Waals surface area contributed by atoms with Crippen molar-refractivity contribution in [2.24, 2.45) is 0 Å². The maximum absolute atomic E-state index is 5.32. The molecular formula is C18H22N2OS. The van der Waals surface area contributed by atoms with Gasteiger partial charge >= 0.3 is 0 Å². The first-order chi connectivity index (χ1) is 10.6. The molecule has 2 rings (SSSR count). The Morgan fingerprint density at radius 1 is 0.909 bits per heavy atom. The zero-order valence-corrected chi connectivity index (χ0v) is 14.1. The van der Waals surface area contributed by atoms with Crippen LogP contribution in [0.15, 0.2) is 42.5 Å². The number of thiocarbonyl (C=S) groups is 1. The van der Waals surface area contributed by atoms with Crippen molar-refractivity contribution in [1.82, 2.24) is 10.6 Å². The fourth-order valence-corrected chi connectivity index (χ4v) is 2.49. The molecule has 2 N–H and O–H groups in total. The summed E-state index contributed by atoms with van der Waals surface area (Å²) in [5, 5.41) is 7.12. The predicted octanol–water partition coefficient (Wildman–Crippen LogP) is 3.48. The van der Waals surface area contributed by atoms with E-state index in [1.807, 2.05) is 24.3 Å². The van der Waals surface area contributed by atoms with Gasteiger partial charge in [0, 0.05) is 13.1 Å². The Hall–Kier alpha value is -2.07. The van der Waals surface area contributed by atoms with Crippen molar-refractivity contribution in [3.8, 4) is 5.75 Å². The minimum atomic E-state index is 0.662. The normalized spacial score (nSPS) is 10.1. The monoisotopic (exact) mass is 314 g/mol. The number of benzene rings is 2. The third-order valence-electron chi connectivity index (χ3n) is 3.35. The van der Waals surface area contributed by atoms with Crippen molar-refractivity contribution in [2.45, 2.75) is 26.9 Å². The van der Waals surface area contributed by atoms with Gasteiger partial charge in [-0.1, -0.05) is 41.5 Å². The summed E-state index contributed by atoms with van der Waals surface area (Å²) >= 11 is 5.32. The molecule has 0 radical (unpaired) electrons. The highest BCUT2D eigenvalue weighted by Crippen LogP contribution is 2.11. The summed E-state index contributed by atoms with van der Waals surface area (Å²) in [5.74, 6) is 0.860. The Labute approximate surface area is 137 Å². The molecule has 116 valence electrons. The van der Waals surface area contributed by atoms with Crippen LogP contribution in [0.2, 0.25) is 0 Å². The molecule has 0 heterocycles. The number of aryl methyl sites for hydroxylation is 2. The summed E-state index contributed by atoms with van der Waals surface area (Å²) in [6.07, 6.45) is 0. The van der Waals surface area contributed by atoms with E-state index in [0.29, 0.717) is 11.7 Å². The molecule has 0 aliphatic heterocycles. The molecule has 0 saturated carbocycles. The molecule has 0 saturated heterocycles. The Morgan fingerprint density at radius 2 is 1.45 bits per heavy atom. The van der Waals surface area contributed by atoms with Crippen LogP contribution in [-0.2, 0) is 13.1 Å². The summed E-state index contributed by atoms with van der Waals surface area (Å²) in [5.41, 5.74) is 4.95. The Balaban J connectivity index is 1.80. The zero-order chi connectivity index (χ0) is 15.9. The van der Waals surface area contributed by atoms with Gasteiger partial charge in [0.1, 0.15) is 5.75 Å². The maximum Gasteiger partial charge on any atom is 0.166 e. The molecule has 22 heavy (non-hydrogen) atoms. The molecule has 4 heteroatoms. The molecule has 2 aromatic rings. The Morgan fingerprint density at radius 3 is 2.00 bits per heavy atom. The van der Waals surface area contributed by atoms with Crippen molar-refractivity contribution >= 4 is 17.3 Å². The second kappa shape index (κ2) is 7.80. The lowest BCUT2D eigenvalue weighted by Gasteiger charge is -2.12. The third-order valence-corrected chi connectivity index (χ3v) is 3.64. The van der Waals surface area contributed by atoms with Crippen LogP contribution in [0.1, 0.15) is 22.3 Å². The van der Waals surface area contributed by atoms with E-state index in [2.05, 4.69) is 42.7 Å². The van der Waals surface area contributed by atoms with Crippen LogP contribution in [-0.4, -0.2) is 12.2 Å². The van der Waals surface area contributed by atoms with E-state index in [9.17, 15) is 0 Å². The first-order valence-corrected chi connectivity index (χ1v) is 7.69. The maximum atomic E-state index is 5.32. The summed E-state index contributed by atoms with van der Waals surface area (Å²) in [6, 6.07) is 14.5. The van der Waals surface area contributed by atoms with Crippen LogP contribution >= 0.6 is 12.2 Å². The van der Waals surface area contributed by atoms with Crippen LogP contribution in [0.25, 0.3) is 0 Å². The van der Waals surface area contributed by atoms with E-state index in [1.54, 1.807) is 7.11 Å². The molecule has 0 aromatic heterocycles. The van der Waals surface area contributed by atoms with E-state index in [1.165, 1.54) is 16.7 Å². The van der Waals surface area contributed by atoms with E-state index in [-0.39, 0.29) is 0 Å². The van der Waals surface area contributed by atoms with Gasteiger partial charge in [-0.25, -0.2) is 0 Å². The van der Waals surface area contributed by atoms with Crippen LogP contribution < -0.4 is 15.4 Å². The predicted molar refractivity (Wildman–Crippen MR) is 95.2 cm³/mol. The van der Waals surface area contributed by atoms with Gasteiger partial charge in [0.25, 0.3) is 0 Å². The second-order valence-electron chi connectivity index (χ2n) is 5.38. The number of hydrogen-bond donors (Lipinski definition) is 2. The van der Waals surface area contributed by atoms with Crippen molar-refractivity contribution < 1.29 is 4.74 Å². The van der Waals surface area contributed by atoms with E-state index in [4.69, 9.17) is 17.0 Å². The van der Waals surface area contributed by atoms with Gasteiger partial charge < -0.3 is 15.4 Å². The smallest absolute Gasteiger partial charge is 0.166 e. The minimum Gasteiger partial charge on any atom is -0.497 e. The van der Waals surface area contributed by atoms with Gasteiger partial charge in [-0.05, 0) is 49.3 Å². The molecular weight excluding hydrogens is 292 g/mol. The molecule has 0 amide bonds. The molecule has 0 bridgehead atoms. The summed E-state index contributed by atoms with van der Waals surface area (Å²) in [6.45, 7) is 5.65. The summed E-state index contributed by atoms with van der Waals surface area (Å²) in [4.78, 5) is 0. The first kappa shape index (κ1) is 16.3. The Kier molecular flexibility index (Phi) is 5.78. The average molecular weight is 314 g/mol. The van der Waals surface area contributed by atoms with E-state index >= 15 is 0 Å². The fourth-order valence-electron chi connectivity index (χ4n) is 2.34. The largest absolute Gasteiger partial charge is 0.497 e. The van der Waals surface area contributed by atoms with Crippen LogP contribution in [0.5, 0.6) is 5.75 Å². The summed E-state index contributed by atoms with van der Waals surface area (Å²) < 4.78 is 5.14. The minimum absolute atomic E-state index is 0.662. The first-order valence-electron chi connectivity index (χ1n) is 7.28. The van der Waals surface area contributed by atoms with Gasteiger partial charge in [0.2, 0.25) is 0 Å². The second-order valence-corrected chi connectivity index (χ2v) is 5.79. The number of methoxy groups -OCH3 is 1. The standard InChI is InChI=1S/C18H22N2OS/c1-13-8-14(2)10-16(9-13)12-20-18(22)19-11-15-4-6-17(21-3)7-5-15/h4-10H,11-12H2,1-3H3,(H2,19,20,22). The van der Waals surface area contributed by atoms with Crippen molar-refractivity contribution in [2.75, 3.05) is 7.11 Å². The molecule has 0 spiro atoms. The van der Waals surface area contributed by atoms with E-state index in [0.717, 1.165) is 17.9 Å². The highest BCUT2D eigenvalue weighted by Gasteiger charge is 2.00. The van der Waals surface area contributed by atoms with Gasteiger partial charge in [-0.3, -0.25) is 0 Å². The topological polar surface area (TPSA) is 33.3 Å². The van der Waals surface area contributed by atoms with Gasteiger partial charge in [0.15, 0.2) is 5.11 Å². The fraction of sp³-hybridized carbons (Fsp3) is 0.278. The van der Waals surface area contributed by atoms with Crippen LogP contribution in [0.3, 0.4) is 0 Å². The van der Waals surface area contributed by atoms with Crippen molar-refractivity contribution in [3.63, 3.8) is 0 Å². The summed E-state index contributed by atoms with van der Waals surface area (Å²) in [7, 11) is 1.67. The number of nitrogens with one attached hydrogen (secondary N) is 2. The van der Waals surface area contributed by atoms with Crippen LogP contribution in [0.4, 0.5) is 0 Å². The third kappa shape index (κ3) is 5.04. The molecule has 0 aliphatic rings. The zero-order valence-electron chi connectivity index (χ0n) is 13.3. The quantitative estimate of drug-likeness (QED) is 0.828. The number of ether oxygens (including phenoxy) is 1. The number of hydrogen-bond acceptors (Lipinski definition) is 2. The molecule has 0 aliphatic carbocycles. The highest BCUT2D eigenvalue weighted by molar-refractivity contribution is 7.80. The Bertz CT molecular complexity index is 618. The van der Waals surface area contributed by atoms with Crippen molar-refractivity contribution in [3.05, 3.63) is 64.7 Å². The van der Waals surface area contributed by atoms with Crippen LogP contribution in [0, 0.1) is 13.8 Å². The lowest BCUT2D eigenvalue weighted by atomic mass is 10.1. The molecule has 3 nitrogen and oxygen atoms in total. The van der Waals surface area contributed by atoms with Crippen molar-refractivity contribution in [1.29, 1.82) is 0 Å². The van der Waals surface area contributed by atoms with Gasteiger partial charge in [0.05, 0.1) is 7.11 Å². The molecule has 0 atom stereocenters. The van der Waals surface area contributed by atoms with Gasteiger partial charge in [-0.2, -0.15) is 0 Å². The molecule has 0 fully saturated rings. The van der Waals surface area contributed by atoms with E-state index < -0.39 is 0 Å². The molecule has 0 unspecified atom stereocenters. The lowest BCUT2D eigenvalue weighted by Crippen LogP contribution is -2.34. The highest BCUT2D eigenvalue weighted by atomic mass is 32.1. The lowest BCUT2D eigenvalue weighted by molar-refractivity contribution is 0.414. The number of rotatable bonds is 5. The molecule has 2 aromatic carbocycles. The average Bonchev–Trinajstić information content (AvgIpc) is 2.50. The van der Waals surface area contributed by atoms with Gasteiger partial charge in [-0.15, -0.1) is 0 Å². The SMILES string of the molecule is COc1ccc(CNC(=S)NCc2cc(C)cc(C)c2)cc1.